The summed E-state index contributed by atoms with van der Waals surface area (Å²) in [4.78, 5) is 28.0. The van der Waals surface area contributed by atoms with Crippen molar-refractivity contribution in [3.63, 3.8) is 0 Å². The second-order valence-corrected chi connectivity index (χ2v) is 4.83. The van der Waals surface area contributed by atoms with Crippen LogP contribution in [0.1, 0.15) is 15.9 Å². The summed E-state index contributed by atoms with van der Waals surface area (Å²) in [6.07, 6.45) is -0.657. The molecule has 7 heteroatoms. The van der Waals surface area contributed by atoms with Gasteiger partial charge in [-0.2, -0.15) is 0 Å². The largest absolute Gasteiger partial charge is 0.478 e. The molecule has 2 rings (SSSR count). The van der Waals surface area contributed by atoms with Crippen LogP contribution < -0.4 is 4.90 Å². The van der Waals surface area contributed by atoms with Crippen LogP contribution in [-0.4, -0.2) is 29.2 Å². The van der Waals surface area contributed by atoms with E-state index in [4.69, 9.17) is 21.4 Å². The van der Waals surface area contributed by atoms with Crippen molar-refractivity contribution in [2.45, 2.75) is 6.61 Å². The number of rotatable bonds is 4. The van der Waals surface area contributed by atoms with Crippen molar-refractivity contribution in [1.82, 2.24) is 4.98 Å². The normalized spacial score (nSPS) is 10.1. The molecule has 2 aromatic rings. The first-order chi connectivity index (χ1) is 10.5. The summed E-state index contributed by atoms with van der Waals surface area (Å²) in [5.41, 5.74) is 0.784. The topological polar surface area (TPSA) is 79.7 Å². The molecule has 0 aliphatic carbocycles. The summed E-state index contributed by atoms with van der Waals surface area (Å²) in [5, 5.41) is 8.97. The second-order valence-electron chi connectivity index (χ2n) is 4.44. The lowest BCUT2D eigenvalue weighted by Gasteiger charge is -2.16. The van der Waals surface area contributed by atoms with Crippen molar-refractivity contribution in [2.75, 3.05) is 11.9 Å². The summed E-state index contributed by atoms with van der Waals surface area (Å²) in [6.45, 7) is 0.108. The maximum atomic E-state index is 12.0. The lowest BCUT2D eigenvalue weighted by molar-refractivity contribution is 0.0696. The van der Waals surface area contributed by atoms with Gasteiger partial charge in [-0.25, -0.2) is 14.6 Å². The van der Waals surface area contributed by atoms with Crippen LogP contribution in [0, 0.1) is 0 Å². The van der Waals surface area contributed by atoms with E-state index in [1.165, 1.54) is 19.2 Å². The van der Waals surface area contributed by atoms with Crippen LogP contribution in [-0.2, 0) is 11.3 Å². The van der Waals surface area contributed by atoms with E-state index >= 15 is 0 Å². The number of hydrogen-bond donors (Lipinski definition) is 1. The molecule has 1 heterocycles. The van der Waals surface area contributed by atoms with Gasteiger partial charge in [-0.05, 0) is 17.7 Å². The summed E-state index contributed by atoms with van der Waals surface area (Å²) >= 11 is 5.76. The Morgan fingerprint density at radius 2 is 1.95 bits per heavy atom. The van der Waals surface area contributed by atoms with Gasteiger partial charge in [0.25, 0.3) is 0 Å². The number of benzene rings is 1. The molecule has 6 nitrogen and oxygen atoms in total. The quantitative estimate of drug-likeness (QED) is 0.875. The highest BCUT2D eigenvalue weighted by Gasteiger charge is 2.17. The average Bonchev–Trinajstić information content (AvgIpc) is 2.52. The molecule has 0 atom stereocenters. The van der Waals surface area contributed by atoms with Crippen LogP contribution in [0.3, 0.4) is 0 Å². The molecule has 0 unspecified atom stereocenters. The molecule has 0 aliphatic rings. The van der Waals surface area contributed by atoms with Crippen LogP contribution in [0.2, 0.25) is 5.15 Å². The number of hydrogen-bond acceptors (Lipinski definition) is 4. The average molecular weight is 321 g/mol. The predicted molar refractivity (Wildman–Crippen MR) is 81.2 cm³/mol. The summed E-state index contributed by atoms with van der Waals surface area (Å²) in [5.74, 6) is -1.06. The van der Waals surface area contributed by atoms with E-state index < -0.39 is 12.1 Å². The highest BCUT2D eigenvalue weighted by molar-refractivity contribution is 6.29. The SMILES string of the molecule is CN(C(=O)OCc1ccccc1)c1cc(C(=O)O)cc(Cl)n1. The Morgan fingerprint density at radius 1 is 1.27 bits per heavy atom. The Labute approximate surface area is 131 Å². The van der Waals surface area contributed by atoms with Gasteiger partial charge in [-0.1, -0.05) is 41.9 Å². The number of pyridine rings is 1. The molecule has 0 saturated heterocycles. The van der Waals surface area contributed by atoms with Crippen molar-refractivity contribution in [2.24, 2.45) is 0 Å². The molecule has 1 aromatic heterocycles. The number of nitrogens with zero attached hydrogens (tertiary/aromatic N) is 2. The predicted octanol–water partition coefficient (Wildman–Crippen LogP) is 3.21. The minimum atomic E-state index is -1.16. The van der Waals surface area contributed by atoms with Gasteiger partial charge in [0.15, 0.2) is 0 Å². The maximum absolute atomic E-state index is 12.0. The number of carbonyl (C=O) groups excluding carboxylic acids is 1. The minimum absolute atomic E-state index is 0.0161. The number of carboxylic acids is 1. The summed E-state index contributed by atoms with van der Waals surface area (Å²) in [7, 11) is 1.43. The highest BCUT2D eigenvalue weighted by atomic mass is 35.5. The van der Waals surface area contributed by atoms with Crippen molar-refractivity contribution < 1.29 is 19.4 Å². The van der Waals surface area contributed by atoms with E-state index in [2.05, 4.69) is 4.98 Å². The van der Waals surface area contributed by atoms with Gasteiger partial charge >= 0.3 is 12.1 Å². The molecule has 0 aliphatic heterocycles. The molecule has 0 spiro atoms. The van der Waals surface area contributed by atoms with E-state index in [9.17, 15) is 9.59 Å². The number of halogens is 1. The van der Waals surface area contributed by atoms with E-state index in [0.717, 1.165) is 10.5 Å². The third-order valence-corrected chi connectivity index (χ3v) is 3.04. The van der Waals surface area contributed by atoms with Gasteiger partial charge in [0, 0.05) is 7.05 Å². The fourth-order valence-electron chi connectivity index (χ4n) is 1.69. The summed E-state index contributed by atoms with van der Waals surface area (Å²) < 4.78 is 5.14. The Hall–Kier alpha value is -2.60. The molecule has 0 fully saturated rings. The Balaban J connectivity index is 2.08. The van der Waals surface area contributed by atoms with Gasteiger partial charge in [-0.3, -0.25) is 4.90 Å². The molecule has 1 N–H and O–H groups in total. The smallest absolute Gasteiger partial charge is 0.415 e. The molecule has 1 amide bonds. The minimum Gasteiger partial charge on any atom is -0.478 e. The zero-order chi connectivity index (χ0) is 16.1. The van der Waals surface area contributed by atoms with Crippen molar-refractivity contribution in [1.29, 1.82) is 0 Å². The first-order valence-electron chi connectivity index (χ1n) is 6.32. The zero-order valence-corrected chi connectivity index (χ0v) is 12.4. The molecule has 22 heavy (non-hydrogen) atoms. The number of amides is 1. The number of aromatic nitrogens is 1. The van der Waals surface area contributed by atoms with Crippen LogP contribution in [0.25, 0.3) is 0 Å². The third-order valence-electron chi connectivity index (χ3n) is 2.85. The second kappa shape index (κ2) is 6.91. The molecule has 1 aromatic carbocycles. The first-order valence-corrected chi connectivity index (χ1v) is 6.70. The highest BCUT2D eigenvalue weighted by Crippen LogP contribution is 2.18. The van der Waals surface area contributed by atoms with Gasteiger partial charge < -0.3 is 9.84 Å². The lowest BCUT2D eigenvalue weighted by atomic mass is 10.2. The third kappa shape index (κ3) is 3.95. The van der Waals surface area contributed by atoms with E-state index in [1.54, 1.807) is 0 Å². The molecule has 114 valence electrons. The van der Waals surface area contributed by atoms with Crippen molar-refractivity contribution in [3.8, 4) is 0 Å². The zero-order valence-electron chi connectivity index (χ0n) is 11.7. The fourth-order valence-corrected chi connectivity index (χ4v) is 1.89. The number of ether oxygens (including phenoxy) is 1. The van der Waals surface area contributed by atoms with Gasteiger partial charge in [-0.15, -0.1) is 0 Å². The standard InChI is InChI=1S/C15H13ClN2O4/c1-18(13-8-11(14(19)20)7-12(16)17-13)15(21)22-9-10-5-3-2-4-6-10/h2-8H,9H2,1H3,(H,19,20). The number of aromatic carboxylic acids is 1. The van der Waals surface area contributed by atoms with Gasteiger partial charge in [0.2, 0.25) is 0 Å². The molecular formula is C15H13ClN2O4. The monoisotopic (exact) mass is 320 g/mol. The van der Waals surface area contributed by atoms with Crippen molar-refractivity contribution in [3.05, 3.63) is 58.7 Å². The van der Waals surface area contributed by atoms with Crippen LogP contribution >= 0.6 is 11.6 Å². The number of anilines is 1. The van der Waals surface area contributed by atoms with E-state index in [1.807, 2.05) is 30.3 Å². The fraction of sp³-hybridized carbons (Fsp3) is 0.133. The van der Waals surface area contributed by atoms with Gasteiger partial charge in [0.05, 0.1) is 5.56 Å². The van der Waals surface area contributed by atoms with Crippen molar-refractivity contribution >= 4 is 29.5 Å². The molecule has 0 radical (unpaired) electrons. The Kier molecular flexibility index (Phi) is 4.95. The Morgan fingerprint density at radius 3 is 2.59 bits per heavy atom. The van der Waals surface area contributed by atoms with Crippen LogP contribution in [0.4, 0.5) is 10.6 Å². The lowest BCUT2D eigenvalue weighted by Crippen LogP contribution is -2.28. The molecular weight excluding hydrogens is 308 g/mol. The van der Waals surface area contributed by atoms with Crippen LogP contribution in [0.15, 0.2) is 42.5 Å². The van der Waals surface area contributed by atoms with E-state index in [0.29, 0.717) is 0 Å². The van der Waals surface area contributed by atoms with Gasteiger partial charge in [0.1, 0.15) is 17.6 Å². The number of carboxylic acid groups (broad SMARTS) is 1. The van der Waals surface area contributed by atoms with Crippen LogP contribution in [0.5, 0.6) is 0 Å². The maximum Gasteiger partial charge on any atom is 0.415 e. The molecule has 0 bridgehead atoms. The Bertz CT molecular complexity index is 691. The first kappa shape index (κ1) is 15.8. The summed E-state index contributed by atoms with van der Waals surface area (Å²) in [6, 6.07) is 11.6. The van der Waals surface area contributed by atoms with E-state index in [-0.39, 0.29) is 23.1 Å². The number of carbonyl (C=O) groups is 2. The molecule has 0 saturated carbocycles.